The van der Waals surface area contributed by atoms with Crippen molar-refractivity contribution in [1.82, 2.24) is 4.98 Å². The third kappa shape index (κ3) is 8.45. The number of ether oxygens (including phenoxy) is 1. The first-order valence-corrected chi connectivity index (χ1v) is 16.0. The summed E-state index contributed by atoms with van der Waals surface area (Å²) in [6.07, 6.45) is 0. The number of aromatic nitrogens is 1. The van der Waals surface area contributed by atoms with Crippen molar-refractivity contribution in [1.29, 1.82) is 0 Å². The molecule has 3 aromatic carbocycles. The Morgan fingerprint density at radius 2 is 1.70 bits per heavy atom. The Morgan fingerprint density at radius 1 is 1.00 bits per heavy atom. The van der Waals surface area contributed by atoms with Crippen LogP contribution in [0.15, 0.2) is 66.7 Å². The maximum Gasteiger partial charge on any atom is 0.338 e. The van der Waals surface area contributed by atoms with E-state index in [4.69, 9.17) is 12.9 Å². The number of hydrogen-bond donors (Lipinski definition) is 6. The van der Waals surface area contributed by atoms with Crippen LogP contribution in [-0.2, 0) is 13.3 Å². The van der Waals surface area contributed by atoms with Crippen LogP contribution in [0.1, 0.15) is 29.1 Å². The molecule has 0 aliphatic heterocycles. The standard InChI is InChI=1S/C19H18N2O3S.C8H10AsNO5/c1-3-24-18(23)14-5-4-6-15(11-14)20-19-21-17(12(2)25-19)13-7-9-16(22)10-8-13;1-5(11)10-6-2-3-7(8(12)4-6)9(13,14)15/h4-11,22H,3H2,1-2H3,(H,20,21);2-4,12H,1H3,(H,10,11)(H2,13,14,15). The zero-order chi connectivity index (χ0) is 29.4. The Morgan fingerprint density at radius 3 is 2.30 bits per heavy atom. The van der Waals surface area contributed by atoms with E-state index in [1.54, 1.807) is 37.3 Å². The second-order valence-corrected chi connectivity index (χ2v) is 12.8. The number of anilines is 3. The fourth-order valence-electron chi connectivity index (χ4n) is 3.45. The van der Waals surface area contributed by atoms with Gasteiger partial charge >= 0.3 is 94.1 Å². The number of phenols is 2. The predicted octanol–water partition coefficient (Wildman–Crippen LogP) is 3.66. The van der Waals surface area contributed by atoms with Crippen molar-refractivity contribution in [2.75, 3.05) is 17.2 Å². The molecule has 1 aromatic heterocycles. The van der Waals surface area contributed by atoms with E-state index in [2.05, 4.69) is 15.6 Å². The summed E-state index contributed by atoms with van der Waals surface area (Å²) >= 11 is -3.56. The number of nitrogens with one attached hydrogen (secondary N) is 2. The molecule has 1 heterocycles. The van der Waals surface area contributed by atoms with Crippen molar-refractivity contribution >= 4 is 58.2 Å². The number of phenolic OH excluding ortho intramolecular Hbond substituents is 2. The van der Waals surface area contributed by atoms with Crippen LogP contribution in [0, 0.1) is 6.92 Å². The van der Waals surface area contributed by atoms with E-state index in [1.165, 1.54) is 24.3 Å². The van der Waals surface area contributed by atoms with Crippen molar-refractivity contribution in [2.45, 2.75) is 20.8 Å². The summed E-state index contributed by atoms with van der Waals surface area (Å²) in [5, 5.41) is 25.1. The molecule has 0 fully saturated rings. The van der Waals surface area contributed by atoms with Gasteiger partial charge in [0.05, 0.1) is 17.9 Å². The third-order valence-electron chi connectivity index (χ3n) is 5.17. The number of esters is 1. The Hall–Kier alpha value is -4.09. The first kappa shape index (κ1) is 30.4. The van der Waals surface area contributed by atoms with Gasteiger partial charge in [0.25, 0.3) is 0 Å². The maximum absolute atomic E-state index is 11.8. The topological polar surface area (TPSA) is 178 Å². The largest absolute Gasteiger partial charge is 0.508 e. The number of benzene rings is 3. The number of nitrogens with zero attached hydrogens (tertiary/aromatic N) is 1. The van der Waals surface area contributed by atoms with Crippen LogP contribution in [0.5, 0.6) is 11.5 Å². The van der Waals surface area contributed by atoms with Gasteiger partial charge in [0.1, 0.15) is 5.75 Å². The Kier molecular flexibility index (Phi) is 10.1. The monoisotopic (exact) mass is 629 g/mol. The van der Waals surface area contributed by atoms with Gasteiger partial charge in [0.15, 0.2) is 5.13 Å². The van der Waals surface area contributed by atoms with Crippen molar-refractivity contribution in [3.05, 3.63) is 77.2 Å². The van der Waals surface area contributed by atoms with Gasteiger partial charge in [0.2, 0.25) is 0 Å². The number of aryl methyl sites for hydroxylation is 1. The molecule has 11 nitrogen and oxygen atoms in total. The van der Waals surface area contributed by atoms with Gasteiger partial charge < -0.3 is 15.2 Å². The molecule has 1 amide bonds. The Balaban J connectivity index is 0.000000252. The van der Waals surface area contributed by atoms with Crippen molar-refractivity contribution in [3.63, 3.8) is 0 Å². The number of hydrogen-bond acceptors (Lipinski definition) is 9. The normalized spacial score (nSPS) is 10.7. The number of carbonyl (C=O) groups is 2. The molecule has 40 heavy (non-hydrogen) atoms. The van der Waals surface area contributed by atoms with Gasteiger partial charge in [-0.2, -0.15) is 0 Å². The summed E-state index contributed by atoms with van der Waals surface area (Å²) in [7, 11) is 0. The number of rotatable bonds is 7. The van der Waals surface area contributed by atoms with E-state index >= 15 is 0 Å². The molecule has 0 aliphatic rings. The average Bonchev–Trinajstić information content (AvgIpc) is 3.23. The van der Waals surface area contributed by atoms with Crippen molar-refractivity contribution < 1.29 is 36.5 Å². The molecule has 0 spiro atoms. The van der Waals surface area contributed by atoms with Crippen molar-refractivity contribution in [3.8, 4) is 22.8 Å². The van der Waals surface area contributed by atoms with Gasteiger partial charge in [-0.15, -0.1) is 11.3 Å². The number of thiazole rings is 1. The van der Waals surface area contributed by atoms with E-state index in [1.807, 2.05) is 25.1 Å². The van der Waals surface area contributed by atoms with Gasteiger partial charge in [-0.05, 0) is 56.3 Å². The van der Waals surface area contributed by atoms with Crippen molar-refractivity contribution in [2.24, 2.45) is 0 Å². The molecular formula is C27H28AsN3O8S. The SMILES string of the molecule is CC(=O)Nc1ccc([As](=O)(O)O)c(O)c1.CCOC(=O)c1cccc(Nc2nc(-c3ccc(O)cc3)c(C)s2)c1. The van der Waals surface area contributed by atoms with E-state index in [-0.39, 0.29) is 23.3 Å². The quantitative estimate of drug-likeness (QED) is 0.131. The first-order valence-electron chi connectivity index (χ1n) is 11.8. The molecule has 0 saturated carbocycles. The molecule has 210 valence electrons. The third-order valence-corrected chi connectivity index (χ3v) is 8.17. The average molecular weight is 630 g/mol. The second kappa shape index (κ2) is 13.3. The number of carbonyl (C=O) groups excluding carboxylic acids is 2. The number of aromatic hydroxyl groups is 2. The molecule has 6 N–H and O–H groups in total. The molecule has 0 bridgehead atoms. The minimum atomic E-state index is -5.09. The van der Waals surface area contributed by atoms with Gasteiger partial charge in [0, 0.05) is 16.1 Å². The molecule has 4 aromatic rings. The summed E-state index contributed by atoms with van der Waals surface area (Å²) in [4.78, 5) is 28.2. The zero-order valence-corrected chi connectivity index (χ0v) is 24.5. The van der Waals surface area contributed by atoms with Crippen LogP contribution in [0.4, 0.5) is 16.5 Å². The second-order valence-electron chi connectivity index (χ2n) is 8.33. The minimum absolute atomic E-state index is 0.228. The Labute approximate surface area is 237 Å². The summed E-state index contributed by atoms with van der Waals surface area (Å²) < 4.78 is 33.3. The van der Waals surface area contributed by atoms with E-state index in [0.29, 0.717) is 12.2 Å². The molecule has 0 atom stereocenters. The molecule has 0 saturated heterocycles. The molecule has 0 unspecified atom stereocenters. The predicted molar refractivity (Wildman–Crippen MR) is 153 cm³/mol. The van der Waals surface area contributed by atoms with E-state index in [9.17, 15) is 23.5 Å². The van der Waals surface area contributed by atoms with Crippen LogP contribution < -0.4 is 15.0 Å². The van der Waals surface area contributed by atoms with Crippen LogP contribution in [-0.4, -0.2) is 56.0 Å². The van der Waals surface area contributed by atoms with Gasteiger partial charge in [-0.25, -0.2) is 9.78 Å². The van der Waals surface area contributed by atoms with E-state index in [0.717, 1.165) is 39.1 Å². The fourth-order valence-corrected chi connectivity index (χ4v) is 5.63. The number of amides is 1. The molecule has 4 rings (SSSR count). The van der Waals surface area contributed by atoms with Gasteiger partial charge in [-0.3, -0.25) is 0 Å². The molecular weight excluding hydrogens is 601 g/mol. The summed E-state index contributed by atoms with van der Waals surface area (Å²) in [5.74, 6) is -0.963. The molecule has 0 radical (unpaired) electrons. The van der Waals surface area contributed by atoms with Crippen LogP contribution in [0.3, 0.4) is 0 Å². The summed E-state index contributed by atoms with van der Waals surface area (Å²) in [5.41, 5.74) is 3.37. The zero-order valence-electron chi connectivity index (χ0n) is 21.8. The first-order chi connectivity index (χ1) is 18.9. The fraction of sp³-hybridized carbons (Fsp3) is 0.148. The van der Waals surface area contributed by atoms with Crippen LogP contribution >= 0.6 is 11.3 Å². The minimum Gasteiger partial charge on any atom is -0.508 e. The van der Waals surface area contributed by atoms with Crippen LogP contribution in [0.25, 0.3) is 11.3 Å². The van der Waals surface area contributed by atoms with Crippen LogP contribution in [0.2, 0.25) is 0 Å². The summed E-state index contributed by atoms with van der Waals surface area (Å²) in [6, 6.07) is 17.6. The maximum atomic E-state index is 11.8. The summed E-state index contributed by atoms with van der Waals surface area (Å²) in [6.45, 7) is 5.42. The molecule has 13 heteroatoms. The van der Waals surface area contributed by atoms with E-state index < -0.39 is 24.3 Å². The Bertz CT molecular complexity index is 1550. The smallest absolute Gasteiger partial charge is 0.338 e. The molecule has 0 aliphatic carbocycles. The van der Waals surface area contributed by atoms with Gasteiger partial charge in [-0.1, -0.05) is 6.07 Å².